The largest absolute Gasteiger partial charge is 0.416 e. The van der Waals surface area contributed by atoms with Crippen molar-refractivity contribution in [2.75, 3.05) is 10.8 Å². The molecule has 220 valence electrons. The fourth-order valence-electron chi connectivity index (χ4n) is 4.19. The number of amides is 2. The van der Waals surface area contributed by atoms with Gasteiger partial charge in [-0.05, 0) is 56.2 Å². The number of alkyl halides is 3. The molecule has 1 N–H and O–H groups in total. The van der Waals surface area contributed by atoms with Crippen LogP contribution >= 0.6 is 11.6 Å². The fraction of sp³-hybridized carbons (Fsp3) is 0.310. The molecule has 0 spiro atoms. The Labute approximate surface area is 243 Å². The summed E-state index contributed by atoms with van der Waals surface area (Å²) in [7, 11) is -4.58. The van der Waals surface area contributed by atoms with Crippen LogP contribution < -0.4 is 9.62 Å². The lowest BCUT2D eigenvalue weighted by molar-refractivity contribution is -0.140. The zero-order chi connectivity index (χ0) is 30.4. The molecule has 0 bridgehead atoms. The van der Waals surface area contributed by atoms with E-state index in [0.717, 1.165) is 12.1 Å². The number of benzene rings is 3. The second-order valence-corrected chi connectivity index (χ2v) is 11.9. The number of halogens is 4. The predicted octanol–water partition coefficient (Wildman–Crippen LogP) is 5.89. The maximum atomic E-state index is 14.0. The molecule has 0 aliphatic heterocycles. The molecule has 3 rings (SSSR count). The Balaban J connectivity index is 2.15. The van der Waals surface area contributed by atoms with E-state index >= 15 is 0 Å². The Morgan fingerprint density at radius 3 is 2.07 bits per heavy atom. The minimum Gasteiger partial charge on any atom is -0.352 e. The third-order valence-corrected chi connectivity index (χ3v) is 8.26. The molecular formula is C29H31ClF3N3O4S. The zero-order valence-electron chi connectivity index (χ0n) is 22.7. The highest BCUT2D eigenvalue weighted by molar-refractivity contribution is 7.92. The Kier molecular flexibility index (Phi) is 10.4. The number of nitrogens with zero attached hydrogens (tertiary/aromatic N) is 2. The van der Waals surface area contributed by atoms with Crippen molar-refractivity contribution in [3.8, 4) is 0 Å². The van der Waals surface area contributed by atoms with Crippen LogP contribution in [0.15, 0.2) is 83.8 Å². The predicted molar refractivity (Wildman–Crippen MR) is 152 cm³/mol. The molecule has 0 fully saturated rings. The monoisotopic (exact) mass is 609 g/mol. The Hall–Kier alpha value is -3.57. The third-order valence-electron chi connectivity index (χ3n) is 6.16. The van der Waals surface area contributed by atoms with E-state index in [2.05, 4.69) is 5.32 Å². The smallest absolute Gasteiger partial charge is 0.352 e. The number of anilines is 1. The minimum absolute atomic E-state index is 0.0424. The molecule has 3 aromatic rings. The summed E-state index contributed by atoms with van der Waals surface area (Å²) in [5, 5.41) is 2.48. The van der Waals surface area contributed by atoms with Crippen molar-refractivity contribution in [2.45, 2.75) is 56.9 Å². The van der Waals surface area contributed by atoms with Crippen LogP contribution in [0.1, 0.15) is 38.3 Å². The number of carbonyl (C=O) groups excluding carboxylic acids is 2. The lowest BCUT2D eigenvalue weighted by Crippen LogP contribution is -2.53. The third kappa shape index (κ3) is 8.01. The normalized spacial score (nSPS) is 12.6. The van der Waals surface area contributed by atoms with Crippen LogP contribution in [0.25, 0.3) is 0 Å². The summed E-state index contributed by atoms with van der Waals surface area (Å²) >= 11 is 6.26. The maximum Gasteiger partial charge on any atom is 0.416 e. The number of carbonyl (C=O) groups is 2. The van der Waals surface area contributed by atoms with Gasteiger partial charge in [0.1, 0.15) is 12.6 Å². The maximum absolute atomic E-state index is 14.0. The highest BCUT2D eigenvalue weighted by atomic mass is 35.5. The average Bonchev–Trinajstić information content (AvgIpc) is 2.92. The van der Waals surface area contributed by atoms with E-state index in [1.54, 1.807) is 57.2 Å². The van der Waals surface area contributed by atoms with E-state index in [0.29, 0.717) is 15.9 Å². The molecule has 0 radical (unpaired) electrons. The summed E-state index contributed by atoms with van der Waals surface area (Å²) < 4.78 is 69.1. The minimum atomic E-state index is -4.80. The van der Waals surface area contributed by atoms with Gasteiger partial charge in [-0.15, -0.1) is 0 Å². The van der Waals surface area contributed by atoms with Crippen molar-refractivity contribution in [2.24, 2.45) is 0 Å². The van der Waals surface area contributed by atoms with Gasteiger partial charge in [-0.1, -0.05) is 67.1 Å². The van der Waals surface area contributed by atoms with Gasteiger partial charge in [0.15, 0.2) is 0 Å². The number of sulfonamides is 1. The second kappa shape index (κ2) is 13.4. The van der Waals surface area contributed by atoms with E-state index in [1.165, 1.54) is 29.2 Å². The Morgan fingerprint density at radius 2 is 1.54 bits per heavy atom. The molecule has 0 aliphatic rings. The van der Waals surface area contributed by atoms with E-state index in [4.69, 9.17) is 11.6 Å². The highest BCUT2D eigenvalue weighted by Gasteiger charge is 2.37. The standard InChI is InChI=1S/C29H31ClF3N3O4S/c1-4-25(28(38)34-20(2)3)35(18-21-11-7-5-8-12-21)27(37)19-36(41(39,40)23-13-9-6-10-14-23)26-17-22(29(31,32)33)15-16-24(26)30/h5-17,20,25H,4,18-19H2,1-3H3,(H,34,38)/t25-/m1/s1. The van der Waals surface area contributed by atoms with Crippen molar-refractivity contribution in [3.05, 3.63) is 95.0 Å². The van der Waals surface area contributed by atoms with Gasteiger partial charge in [-0.2, -0.15) is 13.2 Å². The first-order chi connectivity index (χ1) is 19.3. The average molecular weight is 610 g/mol. The molecule has 0 unspecified atom stereocenters. The van der Waals surface area contributed by atoms with Crippen molar-refractivity contribution in [1.29, 1.82) is 0 Å². The van der Waals surface area contributed by atoms with Crippen LogP contribution in [0, 0.1) is 0 Å². The molecule has 0 aliphatic carbocycles. The van der Waals surface area contributed by atoms with Gasteiger partial charge in [0.05, 0.1) is 21.2 Å². The van der Waals surface area contributed by atoms with Crippen molar-refractivity contribution in [3.63, 3.8) is 0 Å². The molecule has 3 aromatic carbocycles. The van der Waals surface area contributed by atoms with E-state index < -0.39 is 51.9 Å². The van der Waals surface area contributed by atoms with Gasteiger partial charge in [0, 0.05) is 12.6 Å². The molecular weight excluding hydrogens is 579 g/mol. The van der Waals surface area contributed by atoms with Crippen LogP contribution in [0.2, 0.25) is 5.02 Å². The van der Waals surface area contributed by atoms with Crippen LogP contribution in [0.4, 0.5) is 18.9 Å². The molecule has 1 atom stereocenters. The van der Waals surface area contributed by atoms with E-state index in [-0.39, 0.29) is 28.9 Å². The first kappa shape index (κ1) is 32.0. The Morgan fingerprint density at radius 1 is 0.951 bits per heavy atom. The summed E-state index contributed by atoms with van der Waals surface area (Å²) in [6, 6.07) is 16.8. The number of nitrogens with one attached hydrogen (secondary N) is 1. The fourth-order valence-corrected chi connectivity index (χ4v) is 5.91. The van der Waals surface area contributed by atoms with Gasteiger partial charge in [-0.25, -0.2) is 8.42 Å². The van der Waals surface area contributed by atoms with Gasteiger partial charge < -0.3 is 10.2 Å². The topological polar surface area (TPSA) is 86.8 Å². The van der Waals surface area contributed by atoms with E-state index in [1.807, 2.05) is 0 Å². The van der Waals surface area contributed by atoms with Gasteiger partial charge in [0.2, 0.25) is 11.8 Å². The molecule has 12 heteroatoms. The van der Waals surface area contributed by atoms with Crippen molar-refractivity contribution < 1.29 is 31.2 Å². The number of hydrogen-bond donors (Lipinski definition) is 1. The van der Waals surface area contributed by atoms with Gasteiger partial charge in [-0.3, -0.25) is 13.9 Å². The number of hydrogen-bond acceptors (Lipinski definition) is 4. The highest BCUT2D eigenvalue weighted by Crippen LogP contribution is 2.37. The van der Waals surface area contributed by atoms with Crippen LogP contribution in [0.3, 0.4) is 0 Å². The summed E-state index contributed by atoms with van der Waals surface area (Å²) in [6.45, 7) is 4.28. The first-order valence-corrected chi connectivity index (χ1v) is 14.7. The first-order valence-electron chi connectivity index (χ1n) is 12.8. The van der Waals surface area contributed by atoms with E-state index in [9.17, 15) is 31.2 Å². The molecule has 0 saturated heterocycles. The molecule has 0 heterocycles. The molecule has 0 saturated carbocycles. The summed E-state index contributed by atoms with van der Waals surface area (Å²) in [6.07, 6.45) is -4.60. The zero-order valence-corrected chi connectivity index (χ0v) is 24.3. The molecule has 41 heavy (non-hydrogen) atoms. The number of rotatable bonds is 11. The van der Waals surface area contributed by atoms with Crippen LogP contribution in [-0.4, -0.2) is 43.8 Å². The molecule has 0 aromatic heterocycles. The quantitative estimate of drug-likeness (QED) is 0.294. The van der Waals surface area contributed by atoms with Crippen molar-refractivity contribution >= 4 is 39.1 Å². The van der Waals surface area contributed by atoms with Crippen LogP contribution in [-0.2, 0) is 32.3 Å². The summed E-state index contributed by atoms with van der Waals surface area (Å²) in [5.74, 6) is -1.24. The van der Waals surface area contributed by atoms with Crippen molar-refractivity contribution in [1.82, 2.24) is 10.2 Å². The molecule has 7 nitrogen and oxygen atoms in total. The summed E-state index contributed by atoms with van der Waals surface area (Å²) in [5.41, 5.74) is -0.981. The molecule has 2 amide bonds. The lowest BCUT2D eigenvalue weighted by atomic mass is 10.1. The second-order valence-electron chi connectivity index (χ2n) is 9.58. The van der Waals surface area contributed by atoms with Crippen LogP contribution in [0.5, 0.6) is 0 Å². The summed E-state index contributed by atoms with van der Waals surface area (Å²) in [4.78, 5) is 28.1. The lowest BCUT2D eigenvalue weighted by Gasteiger charge is -2.34. The van der Waals surface area contributed by atoms with Gasteiger partial charge >= 0.3 is 6.18 Å². The van der Waals surface area contributed by atoms with Gasteiger partial charge in [0.25, 0.3) is 10.0 Å². The Bertz CT molecular complexity index is 1450. The SMILES string of the molecule is CC[C@H](C(=O)NC(C)C)N(Cc1ccccc1)C(=O)CN(c1cc(C(F)(F)F)ccc1Cl)S(=O)(=O)c1ccccc1.